The van der Waals surface area contributed by atoms with Crippen molar-refractivity contribution in [3.63, 3.8) is 0 Å². The Morgan fingerprint density at radius 1 is 1.22 bits per heavy atom. The van der Waals surface area contributed by atoms with Crippen molar-refractivity contribution in [1.82, 2.24) is 5.32 Å². The summed E-state index contributed by atoms with van der Waals surface area (Å²) in [4.78, 5) is 11.4. The highest BCUT2D eigenvalue weighted by atomic mass is 19.4. The Bertz CT molecular complexity index is 299. The predicted molar refractivity (Wildman–Crippen MR) is 57.9 cm³/mol. The van der Waals surface area contributed by atoms with E-state index in [-0.39, 0.29) is 18.9 Å². The maximum absolute atomic E-state index is 12.0. The van der Waals surface area contributed by atoms with Crippen LogP contribution in [-0.2, 0) is 9.47 Å². The van der Waals surface area contributed by atoms with Crippen molar-refractivity contribution in [1.29, 1.82) is 0 Å². The van der Waals surface area contributed by atoms with E-state index in [1.807, 2.05) is 0 Å². The van der Waals surface area contributed by atoms with Gasteiger partial charge in [-0.15, -0.1) is 13.2 Å². The van der Waals surface area contributed by atoms with E-state index in [4.69, 9.17) is 4.74 Å². The summed E-state index contributed by atoms with van der Waals surface area (Å²) in [5, 5.41) is 2.54. The molecule has 7 heteroatoms. The summed E-state index contributed by atoms with van der Waals surface area (Å²) < 4.78 is 44.9. The number of carbonyl (C=O) groups is 1. The lowest BCUT2D eigenvalue weighted by molar-refractivity contribution is -0.341. The molecule has 18 heavy (non-hydrogen) atoms. The fraction of sp³-hybridized carbons (Fsp3) is 0.909. The van der Waals surface area contributed by atoms with Crippen molar-refractivity contribution < 1.29 is 27.4 Å². The molecule has 1 fully saturated rings. The monoisotopic (exact) mass is 269 g/mol. The lowest BCUT2D eigenvalue weighted by Gasteiger charge is -2.21. The van der Waals surface area contributed by atoms with E-state index in [9.17, 15) is 18.0 Å². The molecule has 1 aliphatic carbocycles. The van der Waals surface area contributed by atoms with Crippen LogP contribution in [-0.4, -0.2) is 30.2 Å². The molecule has 1 aliphatic rings. The van der Waals surface area contributed by atoms with Gasteiger partial charge < -0.3 is 10.1 Å². The van der Waals surface area contributed by atoms with E-state index in [2.05, 4.69) is 10.1 Å². The molecule has 0 aromatic rings. The van der Waals surface area contributed by atoms with E-state index in [1.54, 1.807) is 20.8 Å². The largest absolute Gasteiger partial charge is 0.522 e. The van der Waals surface area contributed by atoms with E-state index in [0.29, 0.717) is 6.42 Å². The molecule has 4 nitrogen and oxygen atoms in total. The zero-order chi connectivity index (χ0) is 14.0. The summed E-state index contributed by atoms with van der Waals surface area (Å²) in [5.74, 6) is 0. The first-order chi connectivity index (χ1) is 8.05. The first-order valence-corrected chi connectivity index (χ1v) is 5.79. The smallest absolute Gasteiger partial charge is 0.444 e. The van der Waals surface area contributed by atoms with Gasteiger partial charge in [0.1, 0.15) is 5.60 Å². The molecular formula is C11H18F3NO3. The van der Waals surface area contributed by atoms with Gasteiger partial charge in [-0.1, -0.05) is 0 Å². The third-order valence-electron chi connectivity index (χ3n) is 2.41. The topological polar surface area (TPSA) is 47.6 Å². The van der Waals surface area contributed by atoms with Gasteiger partial charge in [0.05, 0.1) is 6.10 Å². The quantitative estimate of drug-likeness (QED) is 0.838. The second-order valence-electron chi connectivity index (χ2n) is 5.34. The SMILES string of the molecule is CC(C)(C)OC(=O)N[C@H]1CC[C@@H](OC(F)(F)F)C1. The molecule has 0 spiro atoms. The summed E-state index contributed by atoms with van der Waals surface area (Å²) >= 11 is 0. The van der Waals surface area contributed by atoms with Crippen molar-refractivity contribution in [3.05, 3.63) is 0 Å². The Morgan fingerprint density at radius 2 is 1.83 bits per heavy atom. The number of ether oxygens (including phenoxy) is 2. The second-order valence-corrected chi connectivity index (χ2v) is 5.34. The Kier molecular flexibility index (Phi) is 4.47. The minimum Gasteiger partial charge on any atom is -0.444 e. The average Bonchev–Trinajstić information content (AvgIpc) is 2.44. The van der Waals surface area contributed by atoms with Gasteiger partial charge in [-0.05, 0) is 40.0 Å². The third kappa shape index (κ3) is 6.09. The summed E-state index contributed by atoms with van der Waals surface area (Å²) in [7, 11) is 0. The first-order valence-electron chi connectivity index (χ1n) is 5.79. The normalized spacial score (nSPS) is 25.0. The van der Waals surface area contributed by atoms with Crippen LogP contribution in [0, 0.1) is 0 Å². The van der Waals surface area contributed by atoms with Gasteiger partial charge in [-0.2, -0.15) is 0 Å². The predicted octanol–water partition coefficient (Wildman–Crippen LogP) is 2.97. The van der Waals surface area contributed by atoms with Crippen LogP contribution in [0.3, 0.4) is 0 Å². The maximum Gasteiger partial charge on any atom is 0.522 e. The van der Waals surface area contributed by atoms with Crippen LogP contribution >= 0.6 is 0 Å². The average molecular weight is 269 g/mol. The minimum absolute atomic E-state index is 0.152. The molecule has 0 heterocycles. The lowest BCUT2D eigenvalue weighted by Crippen LogP contribution is -2.38. The maximum atomic E-state index is 12.0. The lowest BCUT2D eigenvalue weighted by atomic mass is 10.2. The number of alkyl halides is 3. The van der Waals surface area contributed by atoms with Crippen LogP contribution in [0.4, 0.5) is 18.0 Å². The van der Waals surface area contributed by atoms with Crippen LogP contribution < -0.4 is 5.32 Å². The van der Waals surface area contributed by atoms with E-state index < -0.39 is 24.2 Å². The van der Waals surface area contributed by atoms with Crippen molar-refractivity contribution in [2.24, 2.45) is 0 Å². The van der Waals surface area contributed by atoms with E-state index in [0.717, 1.165) is 0 Å². The Balaban J connectivity index is 2.32. The Hall–Kier alpha value is -0.980. The van der Waals surface area contributed by atoms with Crippen LogP contribution in [0.5, 0.6) is 0 Å². The molecule has 0 bridgehead atoms. The molecule has 1 N–H and O–H groups in total. The van der Waals surface area contributed by atoms with Gasteiger partial charge in [0, 0.05) is 6.04 Å². The van der Waals surface area contributed by atoms with Crippen molar-refractivity contribution in [2.75, 3.05) is 0 Å². The van der Waals surface area contributed by atoms with E-state index in [1.165, 1.54) is 0 Å². The molecule has 0 unspecified atom stereocenters. The van der Waals surface area contributed by atoms with Crippen LogP contribution in [0.2, 0.25) is 0 Å². The highest BCUT2D eigenvalue weighted by Crippen LogP contribution is 2.29. The molecule has 2 atom stereocenters. The number of carbonyl (C=O) groups excluding carboxylic acids is 1. The van der Waals surface area contributed by atoms with Gasteiger partial charge in [0.25, 0.3) is 0 Å². The number of halogens is 3. The van der Waals surface area contributed by atoms with Crippen molar-refractivity contribution in [2.45, 2.75) is 64.1 Å². The third-order valence-corrected chi connectivity index (χ3v) is 2.41. The van der Waals surface area contributed by atoms with Crippen LogP contribution in [0.15, 0.2) is 0 Å². The highest BCUT2D eigenvalue weighted by Gasteiger charge is 2.37. The molecule has 0 radical (unpaired) electrons. The number of hydrogen-bond donors (Lipinski definition) is 1. The molecule has 106 valence electrons. The molecule has 0 aromatic heterocycles. The second kappa shape index (κ2) is 5.34. The van der Waals surface area contributed by atoms with Gasteiger partial charge in [0.15, 0.2) is 0 Å². The first kappa shape index (κ1) is 15.1. The molecule has 1 amide bonds. The fourth-order valence-corrected chi connectivity index (χ4v) is 1.84. The molecule has 0 saturated heterocycles. The number of rotatable bonds is 2. The van der Waals surface area contributed by atoms with Gasteiger partial charge in [-0.25, -0.2) is 4.79 Å². The zero-order valence-electron chi connectivity index (χ0n) is 10.6. The van der Waals surface area contributed by atoms with Gasteiger partial charge >= 0.3 is 12.5 Å². The van der Waals surface area contributed by atoms with Gasteiger partial charge in [0.2, 0.25) is 0 Å². The summed E-state index contributed by atoms with van der Waals surface area (Å²) in [6.07, 6.45) is -5.23. The molecule has 0 aromatic carbocycles. The molecule has 1 saturated carbocycles. The number of alkyl carbamates (subject to hydrolysis) is 1. The molecule has 1 rings (SSSR count). The van der Waals surface area contributed by atoms with E-state index >= 15 is 0 Å². The van der Waals surface area contributed by atoms with Crippen LogP contribution in [0.1, 0.15) is 40.0 Å². The van der Waals surface area contributed by atoms with Crippen molar-refractivity contribution >= 4 is 6.09 Å². The molecule has 0 aliphatic heterocycles. The summed E-state index contributed by atoms with van der Waals surface area (Å²) in [6.45, 7) is 5.16. The Morgan fingerprint density at radius 3 is 2.33 bits per heavy atom. The molecular weight excluding hydrogens is 251 g/mol. The minimum atomic E-state index is -4.62. The number of nitrogens with one attached hydrogen (secondary N) is 1. The standard InChI is InChI=1S/C11H18F3NO3/c1-10(2,3)18-9(16)15-7-4-5-8(6-7)17-11(12,13)14/h7-8H,4-6H2,1-3H3,(H,15,16)/t7-,8+/m0/s1. The fourth-order valence-electron chi connectivity index (χ4n) is 1.84. The Labute approximate surface area is 104 Å². The van der Waals surface area contributed by atoms with Crippen LogP contribution in [0.25, 0.3) is 0 Å². The van der Waals surface area contributed by atoms with Gasteiger partial charge in [-0.3, -0.25) is 4.74 Å². The van der Waals surface area contributed by atoms with Crippen molar-refractivity contribution in [3.8, 4) is 0 Å². The number of amides is 1. The highest BCUT2D eigenvalue weighted by molar-refractivity contribution is 5.68. The number of hydrogen-bond acceptors (Lipinski definition) is 3. The summed E-state index contributed by atoms with van der Waals surface area (Å²) in [5.41, 5.74) is -0.620. The summed E-state index contributed by atoms with van der Waals surface area (Å²) in [6, 6.07) is -0.327. The zero-order valence-corrected chi connectivity index (χ0v) is 10.6.